The van der Waals surface area contributed by atoms with E-state index in [2.05, 4.69) is 4.99 Å². The highest BCUT2D eigenvalue weighted by Gasteiger charge is 2.42. The fourth-order valence-electron chi connectivity index (χ4n) is 1.27. The second kappa shape index (κ2) is 4.63. The van der Waals surface area contributed by atoms with Crippen molar-refractivity contribution in [2.45, 2.75) is 12.1 Å². The van der Waals surface area contributed by atoms with Crippen molar-refractivity contribution in [3.8, 4) is 0 Å². The van der Waals surface area contributed by atoms with Gasteiger partial charge in [0.25, 0.3) is 5.92 Å². The van der Waals surface area contributed by atoms with Crippen LogP contribution in [0, 0.1) is 0 Å². The second-order valence-corrected chi connectivity index (χ2v) is 3.16. The number of hydrogen-bond donors (Lipinski definition) is 0. The molecule has 0 saturated heterocycles. The monoisotopic (exact) mass is 251 g/mol. The first kappa shape index (κ1) is 13.3. The Balaban J connectivity index is 3.26. The largest absolute Gasteiger partial charge is 0.416 e. The Labute approximate surface area is 92.8 Å². The van der Waals surface area contributed by atoms with Gasteiger partial charge in [0.1, 0.15) is 6.54 Å². The summed E-state index contributed by atoms with van der Waals surface area (Å²) in [6.07, 6.45) is -4.02. The van der Waals surface area contributed by atoms with Gasteiger partial charge in [-0.25, -0.2) is 4.79 Å². The van der Waals surface area contributed by atoms with Crippen molar-refractivity contribution in [3.05, 3.63) is 35.4 Å². The SMILES string of the molecule is O=C=NCC(F)(F)c1ccccc1C(F)(F)F. The predicted molar refractivity (Wildman–Crippen MR) is 48.3 cm³/mol. The zero-order valence-corrected chi connectivity index (χ0v) is 8.26. The molecular formula is C10H6F5NO. The van der Waals surface area contributed by atoms with Crippen LogP contribution in [0.3, 0.4) is 0 Å². The lowest BCUT2D eigenvalue weighted by atomic mass is 10.0. The van der Waals surface area contributed by atoms with Crippen LogP contribution in [0.25, 0.3) is 0 Å². The molecule has 0 saturated carbocycles. The Morgan fingerprint density at radius 1 is 1.06 bits per heavy atom. The maximum absolute atomic E-state index is 13.4. The molecule has 7 heteroatoms. The van der Waals surface area contributed by atoms with Gasteiger partial charge in [0.2, 0.25) is 6.08 Å². The number of isocyanates is 1. The summed E-state index contributed by atoms with van der Waals surface area (Å²) in [5, 5.41) is 0. The topological polar surface area (TPSA) is 29.4 Å². The molecule has 92 valence electrons. The van der Waals surface area contributed by atoms with Gasteiger partial charge in [-0.05, 0) is 6.07 Å². The summed E-state index contributed by atoms with van der Waals surface area (Å²) in [5.74, 6) is -3.86. The lowest BCUT2D eigenvalue weighted by Crippen LogP contribution is -2.23. The Kier molecular flexibility index (Phi) is 3.63. The van der Waals surface area contributed by atoms with Gasteiger partial charge >= 0.3 is 6.18 Å². The maximum atomic E-state index is 13.4. The van der Waals surface area contributed by atoms with E-state index in [0.717, 1.165) is 18.2 Å². The number of hydrogen-bond acceptors (Lipinski definition) is 2. The summed E-state index contributed by atoms with van der Waals surface area (Å²) in [4.78, 5) is 12.3. The molecule has 17 heavy (non-hydrogen) atoms. The van der Waals surface area contributed by atoms with E-state index in [1.807, 2.05) is 0 Å². The van der Waals surface area contributed by atoms with Gasteiger partial charge in [-0.2, -0.15) is 26.9 Å². The molecule has 0 fully saturated rings. The van der Waals surface area contributed by atoms with Crippen LogP contribution in [0.4, 0.5) is 22.0 Å². The summed E-state index contributed by atoms with van der Waals surface area (Å²) in [5.41, 5.74) is -2.64. The Hall–Kier alpha value is -1.75. The highest BCUT2D eigenvalue weighted by Crippen LogP contribution is 2.39. The van der Waals surface area contributed by atoms with Crippen LogP contribution in [0.1, 0.15) is 11.1 Å². The third-order valence-corrected chi connectivity index (χ3v) is 1.97. The van der Waals surface area contributed by atoms with E-state index in [9.17, 15) is 26.7 Å². The summed E-state index contributed by atoms with van der Waals surface area (Å²) in [6.45, 7) is -1.36. The minimum atomic E-state index is -4.88. The van der Waals surface area contributed by atoms with Gasteiger partial charge in [0.15, 0.2) is 0 Å². The predicted octanol–water partition coefficient (Wildman–Crippen LogP) is 3.13. The molecule has 1 aromatic carbocycles. The molecular weight excluding hydrogens is 245 g/mol. The molecule has 2 nitrogen and oxygen atoms in total. The average Bonchev–Trinajstić information content (AvgIpc) is 2.25. The molecule has 0 bridgehead atoms. The molecule has 0 aliphatic rings. The van der Waals surface area contributed by atoms with Gasteiger partial charge in [-0.1, -0.05) is 18.2 Å². The summed E-state index contributed by atoms with van der Waals surface area (Å²) >= 11 is 0. The van der Waals surface area contributed by atoms with Crippen molar-refractivity contribution in [1.82, 2.24) is 0 Å². The van der Waals surface area contributed by atoms with Crippen LogP contribution in [-0.4, -0.2) is 12.6 Å². The third kappa shape index (κ3) is 3.10. The number of benzene rings is 1. The maximum Gasteiger partial charge on any atom is 0.416 e. The minimum Gasteiger partial charge on any atom is -0.211 e. The molecule has 0 aromatic heterocycles. The molecule has 0 amide bonds. The zero-order valence-electron chi connectivity index (χ0n) is 8.26. The first-order chi connectivity index (χ1) is 7.79. The first-order valence-corrected chi connectivity index (χ1v) is 4.37. The standard InChI is InChI=1S/C10H6F5NO/c11-9(12,5-16-6-17)7-3-1-2-4-8(7)10(13,14)15/h1-4H,5H2. The Bertz CT molecular complexity index is 448. The van der Waals surface area contributed by atoms with Gasteiger partial charge in [0, 0.05) is 5.56 Å². The van der Waals surface area contributed by atoms with Crippen molar-refractivity contribution >= 4 is 6.08 Å². The molecule has 0 spiro atoms. The number of aliphatic imine (C=N–C) groups is 1. The molecule has 0 radical (unpaired) electrons. The van der Waals surface area contributed by atoms with Crippen LogP contribution in [0.2, 0.25) is 0 Å². The summed E-state index contributed by atoms with van der Waals surface area (Å²) < 4.78 is 64.1. The van der Waals surface area contributed by atoms with Crippen molar-refractivity contribution in [2.75, 3.05) is 6.54 Å². The number of halogens is 5. The Morgan fingerprint density at radius 3 is 2.06 bits per heavy atom. The van der Waals surface area contributed by atoms with Crippen molar-refractivity contribution in [2.24, 2.45) is 4.99 Å². The smallest absolute Gasteiger partial charge is 0.211 e. The molecule has 1 rings (SSSR count). The van der Waals surface area contributed by atoms with E-state index in [-0.39, 0.29) is 0 Å². The first-order valence-electron chi connectivity index (χ1n) is 4.37. The van der Waals surface area contributed by atoms with E-state index in [0.29, 0.717) is 12.1 Å². The number of nitrogens with zero attached hydrogens (tertiary/aromatic N) is 1. The normalized spacial score (nSPS) is 12.1. The number of rotatable bonds is 3. The molecule has 0 heterocycles. The molecule has 0 unspecified atom stereocenters. The quantitative estimate of drug-likeness (QED) is 0.461. The molecule has 1 aromatic rings. The lowest BCUT2D eigenvalue weighted by molar-refractivity contribution is -0.141. The van der Waals surface area contributed by atoms with Crippen molar-refractivity contribution in [1.29, 1.82) is 0 Å². The van der Waals surface area contributed by atoms with E-state index < -0.39 is 29.8 Å². The van der Waals surface area contributed by atoms with Crippen LogP contribution >= 0.6 is 0 Å². The lowest BCUT2D eigenvalue weighted by Gasteiger charge is -2.19. The van der Waals surface area contributed by atoms with E-state index in [4.69, 9.17) is 0 Å². The molecule has 0 aliphatic heterocycles. The number of carbonyl (C=O) groups excluding carboxylic acids is 1. The summed E-state index contributed by atoms with van der Waals surface area (Å²) in [7, 11) is 0. The highest BCUT2D eigenvalue weighted by atomic mass is 19.4. The van der Waals surface area contributed by atoms with E-state index >= 15 is 0 Å². The van der Waals surface area contributed by atoms with Gasteiger partial charge in [0.05, 0.1) is 5.56 Å². The van der Waals surface area contributed by atoms with Crippen LogP contribution in [-0.2, 0) is 16.9 Å². The second-order valence-electron chi connectivity index (χ2n) is 3.16. The number of alkyl halides is 5. The van der Waals surface area contributed by atoms with Crippen LogP contribution < -0.4 is 0 Å². The van der Waals surface area contributed by atoms with Crippen molar-refractivity contribution in [3.63, 3.8) is 0 Å². The van der Waals surface area contributed by atoms with Gasteiger partial charge in [-0.3, -0.25) is 0 Å². The minimum absolute atomic E-state index is 0.549. The average molecular weight is 251 g/mol. The summed E-state index contributed by atoms with van der Waals surface area (Å²) in [6, 6.07) is 3.27. The third-order valence-electron chi connectivity index (χ3n) is 1.97. The van der Waals surface area contributed by atoms with E-state index in [1.54, 1.807) is 0 Å². The molecule has 0 atom stereocenters. The fraction of sp³-hybridized carbons (Fsp3) is 0.300. The van der Waals surface area contributed by atoms with E-state index in [1.165, 1.54) is 0 Å². The zero-order chi connectivity index (χ0) is 13.1. The van der Waals surface area contributed by atoms with Crippen LogP contribution in [0.15, 0.2) is 29.3 Å². The molecule has 0 N–H and O–H groups in total. The highest BCUT2D eigenvalue weighted by molar-refractivity contribution is 5.36. The molecule has 0 aliphatic carbocycles. The fourth-order valence-corrected chi connectivity index (χ4v) is 1.27. The van der Waals surface area contributed by atoms with Gasteiger partial charge in [-0.15, -0.1) is 0 Å². The van der Waals surface area contributed by atoms with Gasteiger partial charge < -0.3 is 0 Å². The van der Waals surface area contributed by atoms with Crippen molar-refractivity contribution < 1.29 is 26.7 Å². The van der Waals surface area contributed by atoms with Crippen LogP contribution in [0.5, 0.6) is 0 Å². The Morgan fingerprint density at radius 2 is 1.59 bits per heavy atom.